The largest absolute Gasteiger partial charge is 0.350 e. The molecule has 3 rings (SSSR count). The number of imidazole rings is 1. The van der Waals surface area contributed by atoms with Gasteiger partial charge < -0.3 is 5.32 Å². The third-order valence-corrected chi connectivity index (χ3v) is 3.12. The monoisotopic (exact) mass is 279 g/mol. The van der Waals surface area contributed by atoms with Crippen LogP contribution in [0.4, 0.5) is 5.95 Å². The van der Waals surface area contributed by atoms with Crippen molar-refractivity contribution >= 4 is 5.95 Å². The molecule has 2 heterocycles. The lowest BCUT2D eigenvalue weighted by Gasteiger charge is -2.09. The molecule has 1 aromatic carbocycles. The second-order valence-electron chi connectivity index (χ2n) is 4.86. The van der Waals surface area contributed by atoms with Crippen molar-refractivity contribution in [2.24, 2.45) is 0 Å². The van der Waals surface area contributed by atoms with Crippen LogP contribution in [0.15, 0.2) is 48.8 Å². The van der Waals surface area contributed by atoms with Gasteiger partial charge in [0.2, 0.25) is 5.95 Å². The SMILES string of the molecule is Cc1cn(-c2ccccc2)c(NCc2ccnc(C)n2)n1. The molecule has 106 valence electrons. The van der Waals surface area contributed by atoms with Crippen molar-refractivity contribution in [3.63, 3.8) is 0 Å². The zero-order valence-corrected chi connectivity index (χ0v) is 12.1. The minimum Gasteiger partial charge on any atom is -0.350 e. The van der Waals surface area contributed by atoms with Gasteiger partial charge in [0, 0.05) is 18.1 Å². The molecule has 0 spiro atoms. The summed E-state index contributed by atoms with van der Waals surface area (Å²) in [6.45, 7) is 4.49. The molecule has 0 amide bonds. The molecular formula is C16H17N5. The van der Waals surface area contributed by atoms with Crippen molar-refractivity contribution in [2.45, 2.75) is 20.4 Å². The number of aromatic nitrogens is 4. The Hall–Kier alpha value is -2.69. The van der Waals surface area contributed by atoms with Gasteiger partial charge in [0.1, 0.15) is 5.82 Å². The van der Waals surface area contributed by atoms with E-state index in [0.29, 0.717) is 6.54 Å². The van der Waals surface area contributed by atoms with Crippen LogP contribution in [0.3, 0.4) is 0 Å². The van der Waals surface area contributed by atoms with Gasteiger partial charge in [-0.25, -0.2) is 15.0 Å². The van der Waals surface area contributed by atoms with Gasteiger partial charge in [0.05, 0.1) is 17.9 Å². The Balaban J connectivity index is 1.83. The van der Waals surface area contributed by atoms with E-state index in [-0.39, 0.29) is 0 Å². The zero-order chi connectivity index (χ0) is 14.7. The normalized spacial score (nSPS) is 10.6. The third kappa shape index (κ3) is 3.08. The maximum atomic E-state index is 4.53. The minimum absolute atomic E-state index is 0.618. The highest BCUT2D eigenvalue weighted by Crippen LogP contribution is 2.16. The summed E-state index contributed by atoms with van der Waals surface area (Å²) in [5, 5.41) is 3.34. The summed E-state index contributed by atoms with van der Waals surface area (Å²) in [5.41, 5.74) is 3.00. The summed E-state index contributed by atoms with van der Waals surface area (Å²) >= 11 is 0. The fourth-order valence-corrected chi connectivity index (χ4v) is 2.18. The maximum absolute atomic E-state index is 4.53. The van der Waals surface area contributed by atoms with Gasteiger partial charge in [-0.05, 0) is 32.0 Å². The van der Waals surface area contributed by atoms with Crippen molar-refractivity contribution in [3.05, 3.63) is 66.0 Å². The molecule has 0 aliphatic carbocycles. The standard InChI is InChI=1S/C16H17N5/c1-12-11-21(15-6-4-3-5-7-15)16(19-12)18-10-14-8-9-17-13(2)20-14/h3-9,11H,10H2,1-2H3,(H,18,19). The van der Waals surface area contributed by atoms with Gasteiger partial charge in [0.25, 0.3) is 0 Å². The average molecular weight is 279 g/mol. The van der Waals surface area contributed by atoms with Crippen LogP contribution in [0.5, 0.6) is 0 Å². The van der Waals surface area contributed by atoms with Crippen molar-refractivity contribution in [1.29, 1.82) is 0 Å². The Kier molecular flexibility index (Phi) is 3.64. The molecule has 2 aromatic heterocycles. The molecule has 0 radical (unpaired) electrons. The van der Waals surface area contributed by atoms with E-state index in [9.17, 15) is 0 Å². The molecule has 21 heavy (non-hydrogen) atoms. The molecule has 0 atom stereocenters. The van der Waals surface area contributed by atoms with E-state index in [4.69, 9.17) is 0 Å². The maximum Gasteiger partial charge on any atom is 0.208 e. The number of nitrogens with zero attached hydrogens (tertiary/aromatic N) is 4. The van der Waals surface area contributed by atoms with Gasteiger partial charge in [-0.15, -0.1) is 0 Å². The molecule has 0 aliphatic heterocycles. The molecule has 0 fully saturated rings. The first-order valence-electron chi connectivity index (χ1n) is 6.86. The van der Waals surface area contributed by atoms with Crippen LogP contribution in [-0.4, -0.2) is 19.5 Å². The van der Waals surface area contributed by atoms with Gasteiger partial charge in [-0.3, -0.25) is 4.57 Å². The van der Waals surface area contributed by atoms with E-state index in [0.717, 1.165) is 28.8 Å². The Morgan fingerprint density at radius 1 is 1.05 bits per heavy atom. The lowest BCUT2D eigenvalue weighted by molar-refractivity contribution is 0.930. The lowest BCUT2D eigenvalue weighted by Crippen LogP contribution is -2.08. The lowest BCUT2D eigenvalue weighted by atomic mass is 10.3. The number of anilines is 1. The van der Waals surface area contributed by atoms with Gasteiger partial charge in [0.15, 0.2) is 0 Å². The summed E-state index contributed by atoms with van der Waals surface area (Å²) < 4.78 is 2.05. The molecule has 0 unspecified atom stereocenters. The van der Waals surface area contributed by atoms with Crippen LogP contribution < -0.4 is 5.32 Å². The van der Waals surface area contributed by atoms with Crippen LogP contribution >= 0.6 is 0 Å². The molecule has 5 heteroatoms. The molecule has 0 aliphatic rings. The van der Waals surface area contributed by atoms with E-state index < -0.39 is 0 Å². The molecule has 1 N–H and O–H groups in total. The van der Waals surface area contributed by atoms with Crippen LogP contribution in [0.25, 0.3) is 5.69 Å². The van der Waals surface area contributed by atoms with E-state index in [2.05, 4.69) is 32.4 Å². The number of para-hydroxylation sites is 1. The summed E-state index contributed by atoms with van der Waals surface area (Å²) in [7, 11) is 0. The Morgan fingerprint density at radius 2 is 1.86 bits per heavy atom. The number of benzene rings is 1. The first-order valence-corrected chi connectivity index (χ1v) is 6.86. The Labute approximate surface area is 123 Å². The fourth-order valence-electron chi connectivity index (χ4n) is 2.18. The summed E-state index contributed by atoms with van der Waals surface area (Å²) in [4.78, 5) is 13.0. The number of nitrogens with one attached hydrogen (secondary N) is 1. The average Bonchev–Trinajstić information content (AvgIpc) is 2.87. The van der Waals surface area contributed by atoms with Crippen LogP contribution in [0.1, 0.15) is 17.2 Å². The highest BCUT2D eigenvalue weighted by molar-refractivity contribution is 5.43. The van der Waals surface area contributed by atoms with E-state index in [1.807, 2.05) is 48.9 Å². The second-order valence-corrected chi connectivity index (χ2v) is 4.86. The summed E-state index contributed by atoms with van der Waals surface area (Å²) in [5.74, 6) is 1.59. The van der Waals surface area contributed by atoms with Crippen molar-refractivity contribution in [3.8, 4) is 5.69 Å². The molecule has 0 bridgehead atoms. The van der Waals surface area contributed by atoms with Crippen molar-refractivity contribution < 1.29 is 0 Å². The quantitative estimate of drug-likeness (QED) is 0.798. The van der Waals surface area contributed by atoms with Gasteiger partial charge >= 0.3 is 0 Å². The highest BCUT2D eigenvalue weighted by Gasteiger charge is 2.07. The van der Waals surface area contributed by atoms with Crippen molar-refractivity contribution in [2.75, 3.05) is 5.32 Å². The van der Waals surface area contributed by atoms with Crippen LogP contribution in [-0.2, 0) is 6.54 Å². The second kappa shape index (κ2) is 5.75. The van der Waals surface area contributed by atoms with Crippen LogP contribution in [0, 0.1) is 13.8 Å². The first-order chi connectivity index (χ1) is 10.2. The molecule has 5 nitrogen and oxygen atoms in total. The van der Waals surface area contributed by atoms with Crippen LogP contribution in [0.2, 0.25) is 0 Å². The van der Waals surface area contributed by atoms with E-state index in [1.165, 1.54) is 0 Å². The summed E-state index contributed by atoms with van der Waals surface area (Å²) in [6, 6.07) is 12.1. The van der Waals surface area contributed by atoms with Gasteiger partial charge in [-0.1, -0.05) is 18.2 Å². The molecule has 0 saturated carbocycles. The molecular weight excluding hydrogens is 262 g/mol. The molecule has 3 aromatic rings. The first kappa shape index (κ1) is 13.3. The Morgan fingerprint density at radius 3 is 2.62 bits per heavy atom. The smallest absolute Gasteiger partial charge is 0.208 e. The van der Waals surface area contributed by atoms with E-state index >= 15 is 0 Å². The highest BCUT2D eigenvalue weighted by atomic mass is 15.2. The number of hydrogen-bond acceptors (Lipinski definition) is 4. The predicted molar refractivity (Wildman–Crippen MR) is 82.4 cm³/mol. The number of hydrogen-bond donors (Lipinski definition) is 1. The van der Waals surface area contributed by atoms with E-state index in [1.54, 1.807) is 6.20 Å². The Bertz CT molecular complexity index is 733. The minimum atomic E-state index is 0.618. The van der Waals surface area contributed by atoms with Gasteiger partial charge in [-0.2, -0.15) is 0 Å². The number of rotatable bonds is 4. The zero-order valence-electron chi connectivity index (χ0n) is 12.1. The van der Waals surface area contributed by atoms with Crippen molar-refractivity contribution in [1.82, 2.24) is 19.5 Å². The topological polar surface area (TPSA) is 55.6 Å². The molecule has 0 saturated heterocycles. The fraction of sp³-hybridized carbons (Fsp3) is 0.188. The summed E-state index contributed by atoms with van der Waals surface area (Å²) in [6.07, 6.45) is 3.79. The third-order valence-electron chi connectivity index (χ3n) is 3.12. The predicted octanol–water partition coefficient (Wildman–Crippen LogP) is 2.89. The number of aryl methyl sites for hydroxylation is 2.